The number of aromatic nitrogens is 2. The zero-order valence-corrected chi connectivity index (χ0v) is 11.0. The highest BCUT2D eigenvalue weighted by atomic mass is 16.5. The van der Waals surface area contributed by atoms with Crippen LogP contribution in [0.3, 0.4) is 0 Å². The summed E-state index contributed by atoms with van der Waals surface area (Å²) in [6, 6.07) is 0. The Balaban J connectivity index is 1.97. The lowest BCUT2D eigenvalue weighted by atomic mass is 10.2. The molecule has 1 saturated heterocycles. The van der Waals surface area contributed by atoms with Crippen molar-refractivity contribution in [1.82, 2.24) is 14.7 Å². The molecule has 1 aromatic rings. The van der Waals surface area contributed by atoms with Gasteiger partial charge < -0.3 is 9.64 Å². The zero-order chi connectivity index (χ0) is 13.1. The lowest BCUT2D eigenvalue weighted by molar-refractivity contribution is -0.137. The third-order valence-electron chi connectivity index (χ3n) is 2.87. The maximum atomic E-state index is 12.0. The van der Waals surface area contributed by atoms with Crippen molar-refractivity contribution >= 4 is 12.0 Å². The van der Waals surface area contributed by atoms with Crippen molar-refractivity contribution in [2.75, 3.05) is 13.1 Å². The molecule has 5 heteroatoms. The standard InChI is InChI=1S/C13H19N3O2/c1-10-7-16(8-11(2)18-10)13(17)5-4-12-6-14-15(3)9-12/h4-6,9-11H,7-8H2,1-3H3/b5-4+/t10-,11-/m1/s1. The van der Waals surface area contributed by atoms with Gasteiger partial charge in [0.2, 0.25) is 5.91 Å². The first-order valence-corrected chi connectivity index (χ1v) is 6.15. The van der Waals surface area contributed by atoms with Gasteiger partial charge in [-0.05, 0) is 19.9 Å². The minimum Gasteiger partial charge on any atom is -0.372 e. The van der Waals surface area contributed by atoms with Crippen molar-refractivity contribution < 1.29 is 9.53 Å². The average Bonchev–Trinajstić information content (AvgIpc) is 2.70. The number of carbonyl (C=O) groups excluding carboxylic acids is 1. The highest BCUT2D eigenvalue weighted by Gasteiger charge is 2.24. The van der Waals surface area contributed by atoms with Crippen LogP contribution in [0.5, 0.6) is 0 Å². The van der Waals surface area contributed by atoms with Crippen molar-refractivity contribution in [3.8, 4) is 0 Å². The van der Waals surface area contributed by atoms with E-state index in [4.69, 9.17) is 4.74 Å². The maximum absolute atomic E-state index is 12.0. The van der Waals surface area contributed by atoms with Crippen LogP contribution in [0.25, 0.3) is 6.08 Å². The van der Waals surface area contributed by atoms with Gasteiger partial charge in [-0.15, -0.1) is 0 Å². The van der Waals surface area contributed by atoms with Gasteiger partial charge in [0, 0.05) is 38.0 Å². The molecule has 2 atom stereocenters. The molecule has 1 aliphatic rings. The maximum Gasteiger partial charge on any atom is 0.246 e. The van der Waals surface area contributed by atoms with E-state index in [0.29, 0.717) is 13.1 Å². The third-order valence-corrected chi connectivity index (χ3v) is 2.87. The predicted octanol–water partition coefficient (Wildman–Crippen LogP) is 1.07. The number of amides is 1. The van der Waals surface area contributed by atoms with Crippen molar-refractivity contribution in [2.24, 2.45) is 7.05 Å². The molecule has 1 aliphatic heterocycles. The molecular formula is C13H19N3O2. The van der Waals surface area contributed by atoms with Crippen LogP contribution in [-0.2, 0) is 16.6 Å². The second kappa shape index (κ2) is 5.35. The number of hydrogen-bond acceptors (Lipinski definition) is 3. The summed E-state index contributed by atoms with van der Waals surface area (Å²) in [5.41, 5.74) is 0.931. The SMILES string of the molecule is C[C@@H]1CN(C(=O)/C=C/c2cnn(C)c2)C[C@@H](C)O1. The van der Waals surface area contributed by atoms with Crippen LogP contribution in [0.4, 0.5) is 0 Å². The topological polar surface area (TPSA) is 47.4 Å². The lowest BCUT2D eigenvalue weighted by Crippen LogP contribution is -2.47. The summed E-state index contributed by atoms with van der Waals surface area (Å²) < 4.78 is 7.31. The third kappa shape index (κ3) is 3.20. The molecule has 0 aromatic carbocycles. The van der Waals surface area contributed by atoms with Crippen molar-refractivity contribution in [3.05, 3.63) is 24.0 Å². The summed E-state index contributed by atoms with van der Waals surface area (Å²) in [5.74, 6) is 0.0286. The molecule has 0 N–H and O–H groups in total. The Morgan fingerprint density at radius 2 is 2.11 bits per heavy atom. The molecule has 1 amide bonds. The van der Waals surface area contributed by atoms with E-state index in [9.17, 15) is 4.79 Å². The Hall–Kier alpha value is -1.62. The van der Waals surface area contributed by atoms with E-state index in [-0.39, 0.29) is 18.1 Å². The zero-order valence-electron chi connectivity index (χ0n) is 11.0. The van der Waals surface area contributed by atoms with Crippen LogP contribution in [0.2, 0.25) is 0 Å². The van der Waals surface area contributed by atoms with E-state index in [2.05, 4.69) is 5.10 Å². The number of rotatable bonds is 2. The molecule has 2 heterocycles. The first kappa shape index (κ1) is 12.8. The van der Waals surface area contributed by atoms with Crippen LogP contribution in [-0.4, -0.2) is 45.9 Å². The smallest absolute Gasteiger partial charge is 0.246 e. The predicted molar refractivity (Wildman–Crippen MR) is 68.8 cm³/mol. The van der Waals surface area contributed by atoms with Crippen LogP contribution < -0.4 is 0 Å². The van der Waals surface area contributed by atoms with Gasteiger partial charge in [-0.3, -0.25) is 9.48 Å². The summed E-state index contributed by atoms with van der Waals surface area (Å²) in [7, 11) is 1.85. The molecule has 18 heavy (non-hydrogen) atoms. The quantitative estimate of drug-likeness (QED) is 0.737. The highest BCUT2D eigenvalue weighted by Crippen LogP contribution is 2.11. The van der Waals surface area contributed by atoms with Crippen LogP contribution in [0.15, 0.2) is 18.5 Å². The van der Waals surface area contributed by atoms with Gasteiger partial charge in [-0.1, -0.05) is 0 Å². The molecule has 2 rings (SSSR count). The van der Waals surface area contributed by atoms with E-state index < -0.39 is 0 Å². The fourth-order valence-corrected chi connectivity index (χ4v) is 2.16. The highest BCUT2D eigenvalue weighted by molar-refractivity contribution is 5.91. The molecule has 5 nitrogen and oxygen atoms in total. The Morgan fingerprint density at radius 1 is 1.44 bits per heavy atom. The number of morpholine rings is 1. The molecule has 0 radical (unpaired) electrons. The second-order valence-electron chi connectivity index (χ2n) is 4.78. The van der Waals surface area contributed by atoms with Gasteiger partial charge in [0.1, 0.15) is 0 Å². The van der Waals surface area contributed by atoms with Crippen molar-refractivity contribution in [1.29, 1.82) is 0 Å². The summed E-state index contributed by atoms with van der Waals surface area (Å²) in [4.78, 5) is 13.9. The Labute approximate surface area is 107 Å². The van der Waals surface area contributed by atoms with Gasteiger partial charge in [-0.25, -0.2) is 0 Å². The molecule has 0 saturated carbocycles. The van der Waals surface area contributed by atoms with Crippen LogP contribution in [0.1, 0.15) is 19.4 Å². The van der Waals surface area contributed by atoms with Gasteiger partial charge in [-0.2, -0.15) is 5.10 Å². The second-order valence-corrected chi connectivity index (χ2v) is 4.78. The number of hydrogen-bond donors (Lipinski definition) is 0. The van der Waals surface area contributed by atoms with Gasteiger partial charge in [0.25, 0.3) is 0 Å². The Morgan fingerprint density at radius 3 is 2.67 bits per heavy atom. The summed E-state index contributed by atoms with van der Waals surface area (Å²) in [6.45, 7) is 5.28. The van der Waals surface area contributed by atoms with E-state index in [0.717, 1.165) is 5.56 Å². The van der Waals surface area contributed by atoms with Gasteiger partial charge >= 0.3 is 0 Å². The molecule has 0 spiro atoms. The molecule has 98 valence electrons. The number of carbonyl (C=O) groups is 1. The molecule has 1 aromatic heterocycles. The van der Waals surface area contributed by atoms with Crippen LogP contribution in [0, 0.1) is 0 Å². The van der Waals surface area contributed by atoms with E-state index in [1.165, 1.54) is 0 Å². The molecular weight excluding hydrogens is 230 g/mol. The monoisotopic (exact) mass is 249 g/mol. The minimum atomic E-state index is 0.0286. The first-order chi connectivity index (χ1) is 8.54. The Kier molecular flexibility index (Phi) is 3.81. The summed E-state index contributed by atoms with van der Waals surface area (Å²) >= 11 is 0. The fraction of sp³-hybridized carbons (Fsp3) is 0.538. The van der Waals surface area contributed by atoms with E-state index >= 15 is 0 Å². The van der Waals surface area contributed by atoms with E-state index in [1.54, 1.807) is 23.0 Å². The van der Waals surface area contributed by atoms with Crippen LogP contribution >= 0.6 is 0 Å². The number of aryl methyl sites for hydroxylation is 1. The number of ether oxygens (including phenoxy) is 1. The van der Waals surface area contributed by atoms with E-state index in [1.807, 2.05) is 32.0 Å². The number of nitrogens with zero attached hydrogens (tertiary/aromatic N) is 3. The van der Waals surface area contributed by atoms with Gasteiger partial charge in [0.05, 0.1) is 18.4 Å². The largest absolute Gasteiger partial charge is 0.372 e. The Bertz CT molecular complexity index is 443. The molecule has 1 fully saturated rings. The minimum absolute atomic E-state index is 0.0286. The van der Waals surface area contributed by atoms with Gasteiger partial charge in [0.15, 0.2) is 0 Å². The van der Waals surface area contributed by atoms with Crippen molar-refractivity contribution in [3.63, 3.8) is 0 Å². The van der Waals surface area contributed by atoms with Crippen molar-refractivity contribution in [2.45, 2.75) is 26.1 Å². The summed E-state index contributed by atoms with van der Waals surface area (Å²) in [5, 5.41) is 4.05. The molecule has 0 aliphatic carbocycles. The molecule has 0 bridgehead atoms. The lowest BCUT2D eigenvalue weighted by Gasteiger charge is -2.34. The fourth-order valence-electron chi connectivity index (χ4n) is 2.16. The average molecular weight is 249 g/mol. The summed E-state index contributed by atoms with van der Waals surface area (Å²) in [6.07, 6.45) is 7.19. The molecule has 0 unspecified atom stereocenters. The first-order valence-electron chi connectivity index (χ1n) is 6.15. The normalized spacial score (nSPS) is 24.7.